The predicted molar refractivity (Wildman–Crippen MR) is 67.8 cm³/mol. The third-order valence-electron chi connectivity index (χ3n) is 2.42. The normalized spacial score (nSPS) is 10.1. The Labute approximate surface area is 106 Å². The zero-order chi connectivity index (χ0) is 13.0. The number of benzene rings is 1. The molecular formula is C14H14N2O2. The lowest BCUT2D eigenvalue weighted by Gasteiger charge is -2.05. The Morgan fingerprint density at radius 1 is 1.28 bits per heavy atom. The van der Waals surface area contributed by atoms with Gasteiger partial charge < -0.3 is 4.74 Å². The highest BCUT2D eigenvalue weighted by Gasteiger charge is 2.11. The molecule has 0 aliphatic heterocycles. The van der Waals surface area contributed by atoms with Gasteiger partial charge in [0.15, 0.2) is 0 Å². The van der Waals surface area contributed by atoms with E-state index in [4.69, 9.17) is 4.74 Å². The molecule has 18 heavy (non-hydrogen) atoms. The Kier molecular flexibility index (Phi) is 3.67. The summed E-state index contributed by atoms with van der Waals surface area (Å²) in [7, 11) is 0. The molecule has 2 rings (SSSR count). The van der Waals surface area contributed by atoms with Crippen LogP contribution in [0.3, 0.4) is 0 Å². The van der Waals surface area contributed by atoms with E-state index >= 15 is 0 Å². The van der Waals surface area contributed by atoms with Gasteiger partial charge in [0.1, 0.15) is 11.4 Å². The van der Waals surface area contributed by atoms with E-state index in [1.54, 1.807) is 24.4 Å². The number of hydrogen-bond donors (Lipinski definition) is 0. The average molecular weight is 242 g/mol. The first-order chi connectivity index (χ1) is 8.70. The van der Waals surface area contributed by atoms with Crippen LogP contribution in [0.5, 0.6) is 5.75 Å². The third kappa shape index (κ3) is 2.71. The Morgan fingerprint density at radius 3 is 2.78 bits per heavy atom. The summed E-state index contributed by atoms with van der Waals surface area (Å²) in [6, 6.07) is 7.07. The fraction of sp³-hybridized carbons (Fsp3) is 0.214. The Balaban J connectivity index is 2.28. The first-order valence-electron chi connectivity index (χ1n) is 5.77. The van der Waals surface area contributed by atoms with Crippen molar-refractivity contribution in [2.75, 3.05) is 6.61 Å². The summed E-state index contributed by atoms with van der Waals surface area (Å²) in [5, 5.41) is 0. The lowest BCUT2D eigenvalue weighted by Crippen LogP contribution is -2.05. The number of aryl methyl sites for hydroxylation is 1. The summed E-state index contributed by atoms with van der Waals surface area (Å²) in [5.41, 5.74) is 1.68. The fourth-order valence-corrected chi connectivity index (χ4v) is 1.55. The maximum atomic E-state index is 12.2. The highest BCUT2D eigenvalue weighted by molar-refractivity contribution is 6.07. The number of ether oxygens (including phenoxy) is 1. The molecule has 0 saturated heterocycles. The molecule has 2 aromatic rings. The second-order valence-corrected chi connectivity index (χ2v) is 3.83. The van der Waals surface area contributed by atoms with Crippen LogP contribution in [0.2, 0.25) is 0 Å². The quantitative estimate of drug-likeness (QED) is 0.772. The zero-order valence-corrected chi connectivity index (χ0v) is 10.4. The van der Waals surface area contributed by atoms with Crippen molar-refractivity contribution in [1.29, 1.82) is 0 Å². The van der Waals surface area contributed by atoms with Crippen LogP contribution in [0.4, 0.5) is 0 Å². The largest absolute Gasteiger partial charge is 0.494 e. The van der Waals surface area contributed by atoms with Gasteiger partial charge in [-0.2, -0.15) is 0 Å². The summed E-state index contributed by atoms with van der Waals surface area (Å²) in [5.74, 6) is 0.535. The van der Waals surface area contributed by atoms with E-state index in [0.717, 1.165) is 5.69 Å². The molecule has 1 heterocycles. The topological polar surface area (TPSA) is 52.1 Å². The first kappa shape index (κ1) is 12.2. The van der Waals surface area contributed by atoms with Crippen LogP contribution in [0.25, 0.3) is 0 Å². The lowest BCUT2D eigenvalue weighted by atomic mass is 10.1. The van der Waals surface area contributed by atoms with Crippen molar-refractivity contribution in [3.8, 4) is 5.75 Å². The van der Waals surface area contributed by atoms with Gasteiger partial charge in [-0.05, 0) is 26.0 Å². The van der Waals surface area contributed by atoms with E-state index in [9.17, 15) is 4.79 Å². The van der Waals surface area contributed by atoms with Crippen LogP contribution in [-0.2, 0) is 0 Å². The number of carbonyl (C=O) groups excluding carboxylic acids is 1. The van der Waals surface area contributed by atoms with Gasteiger partial charge in [-0.1, -0.05) is 12.1 Å². The van der Waals surface area contributed by atoms with Gasteiger partial charge >= 0.3 is 0 Å². The molecule has 0 aliphatic carbocycles. The van der Waals surface area contributed by atoms with Crippen molar-refractivity contribution in [3.05, 3.63) is 53.6 Å². The van der Waals surface area contributed by atoms with Crippen molar-refractivity contribution < 1.29 is 9.53 Å². The van der Waals surface area contributed by atoms with Crippen molar-refractivity contribution >= 4 is 5.78 Å². The molecule has 0 N–H and O–H groups in total. The maximum Gasteiger partial charge on any atom is 0.213 e. The molecule has 1 aromatic carbocycles. The van der Waals surface area contributed by atoms with Crippen molar-refractivity contribution in [2.24, 2.45) is 0 Å². The van der Waals surface area contributed by atoms with Gasteiger partial charge in [0.05, 0.1) is 18.5 Å². The van der Waals surface area contributed by atoms with Crippen molar-refractivity contribution in [1.82, 2.24) is 9.97 Å². The standard InChI is InChI=1S/C14H14N2O2/c1-3-18-12-6-4-5-11(7-12)14(17)13-9-15-10(2)8-16-13/h4-9H,3H2,1-2H3. The number of rotatable bonds is 4. The Morgan fingerprint density at radius 2 is 2.11 bits per heavy atom. The number of nitrogens with zero attached hydrogens (tertiary/aromatic N) is 2. The molecule has 0 aliphatic rings. The van der Waals surface area contributed by atoms with Crippen molar-refractivity contribution in [2.45, 2.75) is 13.8 Å². The second-order valence-electron chi connectivity index (χ2n) is 3.83. The molecule has 0 spiro atoms. The van der Waals surface area contributed by atoms with E-state index in [1.165, 1.54) is 6.20 Å². The highest BCUT2D eigenvalue weighted by Crippen LogP contribution is 2.15. The fourth-order valence-electron chi connectivity index (χ4n) is 1.55. The van der Waals surface area contributed by atoms with Crippen LogP contribution in [0.15, 0.2) is 36.7 Å². The van der Waals surface area contributed by atoms with Gasteiger partial charge in [0.2, 0.25) is 5.78 Å². The number of aromatic nitrogens is 2. The molecule has 0 unspecified atom stereocenters. The molecule has 0 amide bonds. The Hall–Kier alpha value is -2.23. The number of hydrogen-bond acceptors (Lipinski definition) is 4. The first-order valence-corrected chi connectivity index (χ1v) is 5.77. The monoisotopic (exact) mass is 242 g/mol. The van der Waals surface area contributed by atoms with E-state index in [2.05, 4.69) is 9.97 Å². The van der Waals surface area contributed by atoms with Gasteiger partial charge in [-0.25, -0.2) is 4.98 Å². The SMILES string of the molecule is CCOc1cccc(C(=O)c2cnc(C)cn2)c1. The molecule has 0 fully saturated rings. The minimum Gasteiger partial charge on any atom is -0.494 e. The predicted octanol–water partition coefficient (Wildman–Crippen LogP) is 2.41. The van der Waals surface area contributed by atoms with E-state index in [1.807, 2.05) is 19.9 Å². The van der Waals surface area contributed by atoms with Crippen LogP contribution < -0.4 is 4.74 Å². The summed E-state index contributed by atoms with van der Waals surface area (Å²) in [4.78, 5) is 20.3. The summed E-state index contributed by atoms with van der Waals surface area (Å²) in [6.07, 6.45) is 3.07. The zero-order valence-electron chi connectivity index (χ0n) is 10.4. The minimum atomic E-state index is -0.149. The van der Waals surface area contributed by atoms with Crippen LogP contribution in [0.1, 0.15) is 28.7 Å². The smallest absolute Gasteiger partial charge is 0.213 e. The molecule has 0 bridgehead atoms. The highest BCUT2D eigenvalue weighted by atomic mass is 16.5. The number of ketones is 1. The summed E-state index contributed by atoms with van der Waals surface area (Å²) >= 11 is 0. The molecule has 0 radical (unpaired) electrons. The van der Waals surface area contributed by atoms with Crippen LogP contribution in [0, 0.1) is 6.92 Å². The van der Waals surface area contributed by atoms with Gasteiger partial charge in [-0.3, -0.25) is 9.78 Å². The van der Waals surface area contributed by atoms with Gasteiger partial charge in [0.25, 0.3) is 0 Å². The summed E-state index contributed by atoms with van der Waals surface area (Å²) < 4.78 is 5.36. The molecule has 0 saturated carbocycles. The van der Waals surface area contributed by atoms with Crippen molar-refractivity contribution in [3.63, 3.8) is 0 Å². The summed E-state index contributed by atoms with van der Waals surface area (Å²) in [6.45, 7) is 4.30. The number of carbonyl (C=O) groups is 1. The van der Waals surface area contributed by atoms with E-state index < -0.39 is 0 Å². The van der Waals surface area contributed by atoms with Gasteiger partial charge in [-0.15, -0.1) is 0 Å². The van der Waals surface area contributed by atoms with Crippen LogP contribution in [-0.4, -0.2) is 22.4 Å². The van der Waals surface area contributed by atoms with Crippen LogP contribution >= 0.6 is 0 Å². The molecule has 1 aromatic heterocycles. The molecule has 0 atom stereocenters. The maximum absolute atomic E-state index is 12.2. The molecule has 4 nitrogen and oxygen atoms in total. The minimum absolute atomic E-state index is 0.149. The average Bonchev–Trinajstić information content (AvgIpc) is 2.39. The molecular weight excluding hydrogens is 228 g/mol. The van der Waals surface area contributed by atoms with E-state index in [0.29, 0.717) is 23.6 Å². The molecule has 4 heteroatoms. The third-order valence-corrected chi connectivity index (χ3v) is 2.42. The molecule has 92 valence electrons. The lowest BCUT2D eigenvalue weighted by molar-refractivity contribution is 0.103. The second kappa shape index (κ2) is 5.40. The van der Waals surface area contributed by atoms with E-state index in [-0.39, 0.29) is 5.78 Å². The van der Waals surface area contributed by atoms with Gasteiger partial charge in [0, 0.05) is 11.8 Å². The Bertz CT molecular complexity index is 550.